The summed E-state index contributed by atoms with van der Waals surface area (Å²) in [6, 6.07) is 12.5. The molecule has 0 fully saturated rings. The van der Waals surface area contributed by atoms with E-state index in [1.54, 1.807) is 37.1 Å². The van der Waals surface area contributed by atoms with Gasteiger partial charge in [-0.2, -0.15) is 4.31 Å². The number of hydrogen-bond acceptors (Lipinski definition) is 5. The summed E-state index contributed by atoms with van der Waals surface area (Å²) in [5, 5.41) is 9.72. The molecule has 1 aliphatic heterocycles. The number of carbonyl (C=O) groups is 1. The number of benzene rings is 2. The molecular formula is C24H32N2O5S. The maximum atomic E-state index is 13.5. The van der Waals surface area contributed by atoms with Crippen LogP contribution in [0.5, 0.6) is 5.75 Å². The lowest BCUT2D eigenvalue weighted by atomic mass is 10.0. The minimum Gasteiger partial charge on any atom is -0.487 e. The van der Waals surface area contributed by atoms with Gasteiger partial charge in [-0.15, -0.1) is 0 Å². The normalized spacial score (nSPS) is 21.6. The summed E-state index contributed by atoms with van der Waals surface area (Å²) in [7, 11) is -2.19. The van der Waals surface area contributed by atoms with Crippen LogP contribution in [0.25, 0.3) is 11.1 Å². The van der Waals surface area contributed by atoms with Gasteiger partial charge in [0.15, 0.2) is 0 Å². The van der Waals surface area contributed by atoms with E-state index < -0.39 is 22.2 Å². The van der Waals surface area contributed by atoms with E-state index in [2.05, 4.69) is 0 Å². The summed E-state index contributed by atoms with van der Waals surface area (Å²) in [6.07, 6.45) is -0.417. The van der Waals surface area contributed by atoms with E-state index in [0.29, 0.717) is 6.54 Å². The molecule has 0 spiro atoms. The molecule has 7 nitrogen and oxygen atoms in total. The summed E-state index contributed by atoms with van der Waals surface area (Å²) in [5.74, 6) is -0.0480. The van der Waals surface area contributed by atoms with Crippen LogP contribution in [0.4, 0.5) is 0 Å². The zero-order valence-corrected chi connectivity index (χ0v) is 20.1. The Bertz CT molecular complexity index is 1070. The van der Waals surface area contributed by atoms with Crippen LogP contribution in [0.15, 0.2) is 47.4 Å². The summed E-state index contributed by atoms with van der Waals surface area (Å²) < 4.78 is 34.7. The second-order valence-electron chi connectivity index (χ2n) is 8.67. The molecule has 8 heteroatoms. The molecule has 174 valence electrons. The SMILES string of the molecule is CC(=O)N(C)C[C@H]1Oc2cc(-c3ccc(C)cc3)ccc2S(=O)(=O)N([C@H](C)CO)C[C@@H]1C. The number of aryl methyl sites for hydroxylation is 1. The van der Waals surface area contributed by atoms with Crippen LogP contribution in [0, 0.1) is 12.8 Å². The number of aliphatic hydroxyl groups is 1. The molecule has 0 bridgehead atoms. The molecular weight excluding hydrogens is 428 g/mol. The van der Waals surface area contributed by atoms with Crippen LogP contribution in [0.3, 0.4) is 0 Å². The van der Waals surface area contributed by atoms with Crippen molar-refractivity contribution in [3.05, 3.63) is 48.0 Å². The number of aliphatic hydroxyl groups excluding tert-OH is 1. The van der Waals surface area contributed by atoms with Gasteiger partial charge >= 0.3 is 0 Å². The fourth-order valence-corrected chi connectivity index (χ4v) is 5.59. The zero-order chi connectivity index (χ0) is 23.6. The lowest BCUT2D eigenvalue weighted by Gasteiger charge is -2.37. The van der Waals surface area contributed by atoms with Crippen LogP contribution in [0.1, 0.15) is 26.3 Å². The quantitative estimate of drug-likeness (QED) is 0.741. The minimum atomic E-state index is -3.89. The highest BCUT2D eigenvalue weighted by Crippen LogP contribution is 2.36. The number of ether oxygens (including phenoxy) is 1. The molecule has 3 rings (SSSR count). The van der Waals surface area contributed by atoms with E-state index >= 15 is 0 Å². The van der Waals surface area contributed by atoms with Crippen molar-refractivity contribution in [2.75, 3.05) is 26.7 Å². The standard InChI is InChI=1S/C24H32N2O5S/c1-16-6-8-20(9-7-16)21-10-11-24-22(12-21)31-23(14-25(5)19(4)28)17(2)13-26(18(3)15-27)32(24,29)30/h6-12,17-18,23,27H,13-15H2,1-5H3/t17-,18+,23+/m0/s1. The summed E-state index contributed by atoms with van der Waals surface area (Å²) in [6.45, 7) is 7.30. The van der Waals surface area contributed by atoms with Crippen molar-refractivity contribution in [2.24, 2.45) is 5.92 Å². The number of likely N-dealkylation sites (N-methyl/N-ethyl adjacent to an activating group) is 1. The minimum absolute atomic E-state index is 0.0658. The fraction of sp³-hybridized carbons (Fsp3) is 0.458. The Morgan fingerprint density at radius 2 is 1.84 bits per heavy atom. The van der Waals surface area contributed by atoms with Gasteiger partial charge in [0.1, 0.15) is 16.7 Å². The second-order valence-corrected chi connectivity index (χ2v) is 10.5. The molecule has 3 atom stereocenters. The average Bonchev–Trinajstić information content (AvgIpc) is 2.75. The molecule has 1 N–H and O–H groups in total. The van der Waals surface area contributed by atoms with Gasteiger partial charge in [-0.25, -0.2) is 8.42 Å². The number of rotatable bonds is 5. The number of carbonyl (C=O) groups excluding carboxylic acids is 1. The van der Waals surface area contributed by atoms with Gasteiger partial charge in [-0.1, -0.05) is 42.8 Å². The Hall–Kier alpha value is -2.42. The third-order valence-corrected chi connectivity index (χ3v) is 8.06. The molecule has 32 heavy (non-hydrogen) atoms. The molecule has 0 saturated heterocycles. The van der Waals surface area contributed by atoms with Crippen molar-refractivity contribution in [1.82, 2.24) is 9.21 Å². The van der Waals surface area contributed by atoms with Crippen molar-refractivity contribution in [3.63, 3.8) is 0 Å². The van der Waals surface area contributed by atoms with Crippen LogP contribution in [-0.4, -0.2) is 67.5 Å². The summed E-state index contributed by atoms with van der Waals surface area (Å²) >= 11 is 0. The molecule has 0 radical (unpaired) electrons. The van der Waals surface area contributed by atoms with E-state index in [1.807, 2.05) is 38.1 Å². The maximum Gasteiger partial charge on any atom is 0.247 e. The van der Waals surface area contributed by atoms with Crippen molar-refractivity contribution in [1.29, 1.82) is 0 Å². The number of nitrogens with zero attached hydrogens (tertiary/aromatic N) is 2. The topological polar surface area (TPSA) is 87.2 Å². The monoisotopic (exact) mass is 460 g/mol. The number of amides is 1. The van der Waals surface area contributed by atoms with E-state index in [0.717, 1.165) is 16.7 Å². The molecule has 0 saturated carbocycles. The number of fused-ring (bicyclic) bond motifs is 1. The number of sulfonamides is 1. The lowest BCUT2D eigenvalue weighted by molar-refractivity contribution is -0.129. The highest BCUT2D eigenvalue weighted by molar-refractivity contribution is 7.89. The molecule has 0 aliphatic carbocycles. The second kappa shape index (κ2) is 9.60. The highest BCUT2D eigenvalue weighted by atomic mass is 32.2. The first-order valence-corrected chi connectivity index (χ1v) is 12.2. The maximum absolute atomic E-state index is 13.5. The molecule has 2 aromatic carbocycles. The van der Waals surface area contributed by atoms with Crippen LogP contribution < -0.4 is 4.74 Å². The van der Waals surface area contributed by atoms with Gasteiger partial charge in [0.2, 0.25) is 15.9 Å². The lowest BCUT2D eigenvalue weighted by Crippen LogP contribution is -2.50. The molecule has 0 aromatic heterocycles. The largest absolute Gasteiger partial charge is 0.487 e. The fourth-order valence-electron chi connectivity index (χ4n) is 3.77. The molecule has 2 aromatic rings. The van der Waals surface area contributed by atoms with Gasteiger partial charge in [0.05, 0.1) is 13.2 Å². The zero-order valence-electron chi connectivity index (χ0n) is 19.3. The summed E-state index contributed by atoms with van der Waals surface area (Å²) in [4.78, 5) is 13.5. The van der Waals surface area contributed by atoms with E-state index in [9.17, 15) is 18.3 Å². The molecule has 1 heterocycles. The van der Waals surface area contributed by atoms with Crippen molar-refractivity contribution in [2.45, 2.75) is 44.7 Å². The molecule has 1 aliphatic rings. The Morgan fingerprint density at radius 1 is 1.22 bits per heavy atom. The predicted octanol–water partition coefficient (Wildman–Crippen LogP) is 2.91. The van der Waals surface area contributed by atoms with Gasteiger partial charge < -0.3 is 14.7 Å². The van der Waals surface area contributed by atoms with Gasteiger partial charge in [0.25, 0.3) is 0 Å². The Morgan fingerprint density at radius 3 is 2.44 bits per heavy atom. The first-order chi connectivity index (χ1) is 15.0. The van der Waals surface area contributed by atoms with E-state index in [-0.39, 0.29) is 35.6 Å². The Balaban J connectivity index is 2.13. The Kier molecular flexibility index (Phi) is 7.27. The highest BCUT2D eigenvalue weighted by Gasteiger charge is 2.38. The first-order valence-electron chi connectivity index (χ1n) is 10.8. The van der Waals surface area contributed by atoms with Crippen LogP contribution in [0.2, 0.25) is 0 Å². The van der Waals surface area contributed by atoms with Gasteiger partial charge in [-0.3, -0.25) is 4.79 Å². The first kappa shape index (κ1) is 24.2. The predicted molar refractivity (Wildman–Crippen MR) is 124 cm³/mol. The van der Waals surface area contributed by atoms with Gasteiger partial charge in [-0.05, 0) is 37.1 Å². The van der Waals surface area contributed by atoms with Crippen LogP contribution >= 0.6 is 0 Å². The van der Waals surface area contributed by atoms with Crippen molar-refractivity contribution >= 4 is 15.9 Å². The van der Waals surface area contributed by atoms with Gasteiger partial charge in [0, 0.05) is 32.5 Å². The van der Waals surface area contributed by atoms with Crippen molar-refractivity contribution < 1.29 is 23.1 Å². The van der Waals surface area contributed by atoms with E-state index in [4.69, 9.17) is 4.74 Å². The van der Waals surface area contributed by atoms with E-state index in [1.165, 1.54) is 11.2 Å². The average molecular weight is 461 g/mol. The smallest absolute Gasteiger partial charge is 0.247 e. The third kappa shape index (κ3) is 4.98. The number of hydrogen-bond donors (Lipinski definition) is 1. The molecule has 0 unspecified atom stereocenters. The third-order valence-electron chi connectivity index (χ3n) is 6.04. The van der Waals surface area contributed by atoms with Crippen LogP contribution in [-0.2, 0) is 14.8 Å². The molecule has 1 amide bonds. The van der Waals surface area contributed by atoms with Crippen molar-refractivity contribution in [3.8, 4) is 16.9 Å². The Labute approximate surface area is 190 Å². The summed E-state index contributed by atoms with van der Waals surface area (Å²) in [5.41, 5.74) is 2.92.